The SMILES string of the molecule is CN(C)CCCOc1cccc(S(N)(=O)=O)c1N. The molecule has 0 aliphatic carbocycles. The molecule has 18 heavy (non-hydrogen) atoms. The summed E-state index contributed by atoms with van der Waals surface area (Å²) < 4.78 is 28.0. The van der Waals surface area contributed by atoms with Crippen molar-refractivity contribution >= 4 is 15.7 Å². The minimum absolute atomic E-state index is 0.0600. The summed E-state index contributed by atoms with van der Waals surface area (Å²) in [5, 5.41) is 5.05. The van der Waals surface area contributed by atoms with Gasteiger partial charge in [0.1, 0.15) is 10.6 Å². The molecule has 0 fully saturated rings. The van der Waals surface area contributed by atoms with E-state index in [1.54, 1.807) is 12.1 Å². The van der Waals surface area contributed by atoms with Gasteiger partial charge in [0.25, 0.3) is 0 Å². The molecule has 1 aromatic carbocycles. The zero-order valence-electron chi connectivity index (χ0n) is 10.6. The Kier molecular flexibility index (Phi) is 4.94. The molecule has 4 N–H and O–H groups in total. The van der Waals surface area contributed by atoms with Crippen molar-refractivity contribution in [1.29, 1.82) is 0 Å². The monoisotopic (exact) mass is 273 g/mol. The zero-order valence-corrected chi connectivity index (χ0v) is 11.4. The van der Waals surface area contributed by atoms with Crippen molar-refractivity contribution in [3.05, 3.63) is 18.2 Å². The average Bonchev–Trinajstić information content (AvgIpc) is 2.24. The lowest BCUT2D eigenvalue weighted by atomic mass is 10.3. The number of sulfonamides is 1. The Morgan fingerprint density at radius 1 is 1.33 bits per heavy atom. The van der Waals surface area contributed by atoms with E-state index in [4.69, 9.17) is 15.6 Å². The van der Waals surface area contributed by atoms with Gasteiger partial charge in [0.05, 0.1) is 12.3 Å². The fourth-order valence-electron chi connectivity index (χ4n) is 1.46. The molecule has 0 spiro atoms. The first-order chi connectivity index (χ1) is 8.32. The van der Waals surface area contributed by atoms with E-state index in [0.29, 0.717) is 12.4 Å². The summed E-state index contributed by atoms with van der Waals surface area (Å²) in [6, 6.07) is 4.54. The third-order valence-electron chi connectivity index (χ3n) is 2.34. The van der Waals surface area contributed by atoms with Gasteiger partial charge in [-0.2, -0.15) is 0 Å². The van der Waals surface area contributed by atoms with Gasteiger partial charge in [0.15, 0.2) is 0 Å². The number of primary sulfonamides is 1. The summed E-state index contributed by atoms with van der Waals surface area (Å²) in [5.74, 6) is 0.347. The fourth-order valence-corrected chi connectivity index (χ4v) is 2.14. The van der Waals surface area contributed by atoms with Crippen molar-refractivity contribution in [2.75, 3.05) is 33.0 Å². The second-order valence-electron chi connectivity index (χ2n) is 4.22. The van der Waals surface area contributed by atoms with Gasteiger partial charge in [-0.15, -0.1) is 0 Å². The van der Waals surface area contributed by atoms with E-state index in [2.05, 4.69) is 0 Å². The fraction of sp³-hybridized carbons (Fsp3) is 0.455. The maximum atomic E-state index is 11.3. The van der Waals surface area contributed by atoms with Gasteiger partial charge in [0.2, 0.25) is 10.0 Å². The van der Waals surface area contributed by atoms with Crippen molar-refractivity contribution < 1.29 is 13.2 Å². The Balaban J connectivity index is 2.73. The number of benzene rings is 1. The van der Waals surface area contributed by atoms with E-state index in [-0.39, 0.29) is 10.6 Å². The van der Waals surface area contributed by atoms with Gasteiger partial charge < -0.3 is 15.4 Å². The molecular weight excluding hydrogens is 254 g/mol. The largest absolute Gasteiger partial charge is 0.491 e. The topological polar surface area (TPSA) is 98.6 Å². The summed E-state index contributed by atoms with van der Waals surface area (Å²) in [4.78, 5) is 1.93. The summed E-state index contributed by atoms with van der Waals surface area (Å²) in [6.07, 6.45) is 0.825. The smallest absolute Gasteiger partial charge is 0.240 e. The Labute approximate surface area is 108 Å². The molecule has 0 saturated heterocycles. The van der Waals surface area contributed by atoms with Crippen LogP contribution in [-0.4, -0.2) is 40.6 Å². The number of anilines is 1. The number of para-hydroxylation sites is 1. The first-order valence-corrected chi connectivity index (χ1v) is 7.06. The van der Waals surface area contributed by atoms with Crippen molar-refractivity contribution in [1.82, 2.24) is 4.90 Å². The van der Waals surface area contributed by atoms with Crippen molar-refractivity contribution in [2.24, 2.45) is 5.14 Å². The third kappa shape index (κ3) is 4.17. The van der Waals surface area contributed by atoms with E-state index >= 15 is 0 Å². The number of nitrogens with two attached hydrogens (primary N) is 2. The van der Waals surface area contributed by atoms with Gasteiger partial charge in [-0.25, -0.2) is 13.6 Å². The summed E-state index contributed by atoms with van der Waals surface area (Å²) in [5.41, 5.74) is 5.78. The lowest BCUT2D eigenvalue weighted by Crippen LogP contribution is -2.17. The standard InChI is InChI=1S/C11H19N3O3S/c1-14(2)7-4-8-17-9-5-3-6-10(11(9)12)18(13,15)16/h3,5-6H,4,7-8,12H2,1-2H3,(H2,13,15,16). The van der Waals surface area contributed by atoms with Crippen LogP contribution < -0.4 is 15.6 Å². The zero-order chi connectivity index (χ0) is 13.8. The summed E-state index contributed by atoms with van der Waals surface area (Å²) >= 11 is 0. The van der Waals surface area contributed by atoms with E-state index in [9.17, 15) is 8.42 Å². The Morgan fingerprint density at radius 2 is 2.00 bits per heavy atom. The van der Waals surface area contributed by atoms with Crippen LogP contribution in [0.3, 0.4) is 0 Å². The average molecular weight is 273 g/mol. The lowest BCUT2D eigenvalue weighted by molar-refractivity contribution is 0.282. The molecule has 7 heteroatoms. The molecule has 102 valence electrons. The normalized spacial score (nSPS) is 11.8. The van der Waals surface area contributed by atoms with Crippen molar-refractivity contribution in [3.63, 3.8) is 0 Å². The molecule has 0 aliphatic rings. The predicted molar refractivity (Wildman–Crippen MR) is 70.9 cm³/mol. The van der Waals surface area contributed by atoms with Gasteiger partial charge in [0, 0.05) is 6.54 Å². The number of hydrogen-bond donors (Lipinski definition) is 2. The predicted octanol–water partition coefficient (Wildman–Crippen LogP) is 0.247. The molecule has 0 bridgehead atoms. The first-order valence-electron chi connectivity index (χ1n) is 5.51. The Bertz CT molecular complexity index is 500. The van der Waals surface area contributed by atoms with Gasteiger partial charge >= 0.3 is 0 Å². The number of nitrogens with zero attached hydrogens (tertiary/aromatic N) is 1. The van der Waals surface area contributed by atoms with Crippen molar-refractivity contribution in [2.45, 2.75) is 11.3 Å². The molecule has 0 saturated carbocycles. The van der Waals surface area contributed by atoms with Crippen LogP contribution in [0.4, 0.5) is 5.69 Å². The number of hydrogen-bond acceptors (Lipinski definition) is 5. The quantitative estimate of drug-likeness (QED) is 0.571. The molecule has 0 aliphatic heterocycles. The molecule has 0 heterocycles. The summed E-state index contributed by atoms with van der Waals surface area (Å²) in [7, 11) is 0.123. The minimum Gasteiger partial charge on any atom is -0.491 e. The molecule has 0 unspecified atom stereocenters. The van der Waals surface area contributed by atoms with Crippen LogP contribution in [0.25, 0.3) is 0 Å². The van der Waals surface area contributed by atoms with Gasteiger partial charge in [-0.1, -0.05) is 6.07 Å². The minimum atomic E-state index is -3.81. The molecule has 6 nitrogen and oxygen atoms in total. The molecule has 1 aromatic rings. The highest BCUT2D eigenvalue weighted by atomic mass is 32.2. The Morgan fingerprint density at radius 3 is 2.56 bits per heavy atom. The maximum absolute atomic E-state index is 11.3. The number of rotatable bonds is 6. The van der Waals surface area contributed by atoms with Crippen LogP contribution in [0, 0.1) is 0 Å². The summed E-state index contributed by atoms with van der Waals surface area (Å²) in [6.45, 7) is 1.35. The highest BCUT2D eigenvalue weighted by molar-refractivity contribution is 7.89. The second-order valence-corrected chi connectivity index (χ2v) is 5.75. The molecule has 1 rings (SSSR count). The van der Waals surface area contributed by atoms with Crippen molar-refractivity contribution in [3.8, 4) is 5.75 Å². The van der Waals surface area contributed by atoms with Gasteiger partial charge in [-0.3, -0.25) is 0 Å². The highest BCUT2D eigenvalue weighted by Gasteiger charge is 2.15. The second kappa shape index (κ2) is 6.03. The number of ether oxygens (including phenoxy) is 1. The molecule has 0 radical (unpaired) electrons. The Hall–Kier alpha value is -1.31. The van der Waals surface area contributed by atoms with Crippen LogP contribution in [0.2, 0.25) is 0 Å². The molecule has 0 aromatic heterocycles. The van der Waals surface area contributed by atoms with Crippen LogP contribution >= 0.6 is 0 Å². The highest BCUT2D eigenvalue weighted by Crippen LogP contribution is 2.27. The van der Waals surface area contributed by atoms with E-state index < -0.39 is 10.0 Å². The lowest BCUT2D eigenvalue weighted by Gasteiger charge is -2.13. The van der Waals surface area contributed by atoms with Crippen LogP contribution in [0.15, 0.2) is 23.1 Å². The third-order valence-corrected chi connectivity index (χ3v) is 3.31. The molecule has 0 atom stereocenters. The van der Waals surface area contributed by atoms with Crippen LogP contribution in [-0.2, 0) is 10.0 Å². The molecular formula is C11H19N3O3S. The van der Waals surface area contributed by atoms with Crippen LogP contribution in [0.1, 0.15) is 6.42 Å². The first kappa shape index (κ1) is 14.7. The number of nitrogen functional groups attached to an aromatic ring is 1. The molecule has 0 amide bonds. The van der Waals surface area contributed by atoms with Crippen LogP contribution in [0.5, 0.6) is 5.75 Å². The van der Waals surface area contributed by atoms with E-state index in [0.717, 1.165) is 13.0 Å². The van der Waals surface area contributed by atoms with E-state index in [1.807, 2.05) is 19.0 Å². The van der Waals surface area contributed by atoms with E-state index in [1.165, 1.54) is 6.07 Å². The van der Waals surface area contributed by atoms with Gasteiger partial charge in [-0.05, 0) is 32.6 Å². The maximum Gasteiger partial charge on any atom is 0.240 e.